The first-order chi connectivity index (χ1) is 9.98. The van der Waals surface area contributed by atoms with Crippen molar-refractivity contribution in [1.29, 1.82) is 0 Å². The van der Waals surface area contributed by atoms with Crippen LogP contribution in [-0.4, -0.2) is 4.98 Å². The SMILES string of the molecule is CC1CCCC(N)(c2nc(-c3cc(Br)ccc3F)cs2)C1. The van der Waals surface area contributed by atoms with Crippen LogP contribution in [0.1, 0.15) is 37.6 Å². The van der Waals surface area contributed by atoms with E-state index < -0.39 is 0 Å². The molecule has 2 atom stereocenters. The van der Waals surface area contributed by atoms with Crippen molar-refractivity contribution in [2.24, 2.45) is 11.7 Å². The van der Waals surface area contributed by atoms with E-state index in [9.17, 15) is 4.39 Å². The Kier molecular flexibility index (Phi) is 4.17. The van der Waals surface area contributed by atoms with Gasteiger partial charge in [-0.25, -0.2) is 9.37 Å². The second kappa shape index (κ2) is 5.78. The molecule has 1 aromatic heterocycles. The molecule has 2 nitrogen and oxygen atoms in total. The van der Waals surface area contributed by atoms with E-state index in [-0.39, 0.29) is 11.4 Å². The van der Waals surface area contributed by atoms with Crippen LogP contribution in [0.15, 0.2) is 28.1 Å². The molecule has 1 aromatic carbocycles. The fraction of sp³-hybridized carbons (Fsp3) is 0.438. The Morgan fingerprint density at radius 2 is 2.29 bits per heavy atom. The van der Waals surface area contributed by atoms with Crippen molar-refractivity contribution in [2.45, 2.75) is 38.1 Å². The van der Waals surface area contributed by atoms with Gasteiger partial charge >= 0.3 is 0 Å². The number of benzene rings is 1. The highest BCUT2D eigenvalue weighted by Crippen LogP contribution is 2.40. The minimum atomic E-state index is -0.344. The molecule has 2 N–H and O–H groups in total. The molecule has 0 spiro atoms. The summed E-state index contributed by atoms with van der Waals surface area (Å²) in [4.78, 5) is 4.64. The van der Waals surface area contributed by atoms with Crippen LogP contribution in [0.5, 0.6) is 0 Å². The van der Waals surface area contributed by atoms with Gasteiger partial charge in [0.15, 0.2) is 0 Å². The van der Waals surface area contributed by atoms with Crippen LogP contribution in [-0.2, 0) is 5.54 Å². The Morgan fingerprint density at radius 1 is 1.48 bits per heavy atom. The summed E-state index contributed by atoms with van der Waals surface area (Å²) in [6.07, 6.45) is 4.29. The summed E-state index contributed by atoms with van der Waals surface area (Å²) in [5.41, 5.74) is 7.44. The number of nitrogens with zero attached hydrogens (tertiary/aromatic N) is 1. The third-order valence-corrected chi connectivity index (χ3v) is 5.72. The number of nitrogens with two attached hydrogens (primary N) is 1. The number of hydrogen-bond acceptors (Lipinski definition) is 3. The van der Waals surface area contributed by atoms with E-state index in [0.29, 0.717) is 17.2 Å². The van der Waals surface area contributed by atoms with E-state index in [0.717, 1.165) is 28.7 Å². The summed E-state index contributed by atoms with van der Waals surface area (Å²) in [7, 11) is 0. The molecule has 3 rings (SSSR count). The summed E-state index contributed by atoms with van der Waals surface area (Å²) in [5.74, 6) is 0.372. The van der Waals surface area contributed by atoms with Gasteiger partial charge in [-0.05, 0) is 37.0 Å². The van der Waals surface area contributed by atoms with Gasteiger partial charge in [0.05, 0.1) is 11.2 Å². The van der Waals surface area contributed by atoms with Gasteiger partial charge in [0.25, 0.3) is 0 Å². The third kappa shape index (κ3) is 3.05. The highest BCUT2D eigenvalue weighted by Gasteiger charge is 2.35. The molecule has 1 aliphatic carbocycles. The first kappa shape index (κ1) is 15.1. The summed E-state index contributed by atoms with van der Waals surface area (Å²) in [5, 5.41) is 2.84. The first-order valence-corrected chi connectivity index (χ1v) is 8.85. The zero-order valence-electron chi connectivity index (χ0n) is 11.9. The van der Waals surface area contributed by atoms with Crippen molar-refractivity contribution in [3.05, 3.63) is 38.9 Å². The van der Waals surface area contributed by atoms with E-state index in [2.05, 4.69) is 27.8 Å². The van der Waals surface area contributed by atoms with Crippen molar-refractivity contribution in [1.82, 2.24) is 4.98 Å². The molecule has 21 heavy (non-hydrogen) atoms. The predicted octanol–water partition coefficient (Wildman–Crippen LogP) is 5.08. The third-order valence-electron chi connectivity index (χ3n) is 4.17. The maximum absolute atomic E-state index is 14.0. The zero-order chi connectivity index (χ0) is 15.0. The minimum absolute atomic E-state index is 0.252. The summed E-state index contributed by atoms with van der Waals surface area (Å²) in [6.45, 7) is 2.24. The van der Waals surface area contributed by atoms with Crippen LogP contribution in [0.4, 0.5) is 4.39 Å². The van der Waals surface area contributed by atoms with E-state index >= 15 is 0 Å². The molecule has 0 bridgehead atoms. The Balaban J connectivity index is 1.94. The minimum Gasteiger partial charge on any atom is -0.319 e. The molecule has 0 saturated heterocycles. The van der Waals surface area contributed by atoms with Crippen molar-refractivity contribution in [3.8, 4) is 11.3 Å². The first-order valence-electron chi connectivity index (χ1n) is 7.18. The molecule has 112 valence electrons. The van der Waals surface area contributed by atoms with Crippen molar-refractivity contribution in [3.63, 3.8) is 0 Å². The molecule has 5 heteroatoms. The van der Waals surface area contributed by atoms with Crippen LogP contribution in [0.25, 0.3) is 11.3 Å². The van der Waals surface area contributed by atoms with E-state index in [1.165, 1.54) is 12.5 Å². The molecule has 1 fully saturated rings. The summed E-state index contributed by atoms with van der Waals surface area (Å²) < 4.78 is 14.8. The normalized spacial score (nSPS) is 26.0. The molecule has 1 saturated carbocycles. The molecular weight excluding hydrogens is 351 g/mol. The van der Waals surface area contributed by atoms with Crippen LogP contribution in [0, 0.1) is 11.7 Å². The Bertz CT molecular complexity index is 657. The monoisotopic (exact) mass is 368 g/mol. The second-order valence-corrected chi connectivity index (χ2v) is 7.79. The topological polar surface area (TPSA) is 38.9 Å². The van der Waals surface area contributed by atoms with Gasteiger partial charge in [-0.1, -0.05) is 35.7 Å². The maximum Gasteiger partial charge on any atom is 0.132 e. The molecule has 1 aliphatic rings. The average molecular weight is 369 g/mol. The van der Waals surface area contributed by atoms with Gasteiger partial charge in [-0.3, -0.25) is 0 Å². The number of thiazole rings is 1. The van der Waals surface area contributed by atoms with Gasteiger partial charge < -0.3 is 5.73 Å². The quantitative estimate of drug-likeness (QED) is 0.802. The standard InChI is InChI=1S/C16H18BrFN2S/c1-10-3-2-6-16(19,8-10)15-20-14(9-21-15)12-7-11(17)4-5-13(12)18/h4-5,7,9-10H,2-3,6,8,19H2,1H3. The molecule has 2 unspecified atom stereocenters. The molecule has 0 aliphatic heterocycles. The lowest BCUT2D eigenvalue weighted by molar-refractivity contribution is 0.238. The van der Waals surface area contributed by atoms with Crippen LogP contribution in [0.2, 0.25) is 0 Å². The lowest BCUT2D eigenvalue weighted by Gasteiger charge is -2.35. The van der Waals surface area contributed by atoms with Crippen LogP contribution in [0.3, 0.4) is 0 Å². The van der Waals surface area contributed by atoms with Gasteiger partial charge in [-0.15, -0.1) is 11.3 Å². The zero-order valence-corrected chi connectivity index (χ0v) is 14.3. The maximum atomic E-state index is 14.0. The van der Waals surface area contributed by atoms with Crippen LogP contribution >= 0.6 is 27.3 Å². The Morgan fingerprint density at radius 3 is 3.05 bits per heavy atom. The lowest BCUT2D eigenvalue weighted by Crippen LogP contribution is -2.40. The van der Waals surface area contributed by atoms with Crippen molar-refractivity contribution < 1.29 is 4.39 Å². The number of halogens is 2. The van der Waals surface area contributed by atoms with Crippen molar-refractivity contribution >= 4 is 27.3 Å². The van der Waals surface area contributed by atoms with Gasteiger partial charge in [0.1, 0.15) is 10.8 Å². The van der Waals surface area contributed by atoms with E-state index in [4.69, 9.17) is 5.73 Å². The summed E-state index contributed by atoms with van der Waals surface area (Å²) >= 11 is 4.93. The molecular formula is C16H18BrFN2S. The fourth-order valence-corrected chi connectivity index (χ4v) is 4.44. The van der Waals surface area contributed by atoms with Gasteiger partial charge in [0.2, 0.25) is 0 Å². The molecule has 2 aromatic rings. The molecule has 0 radical (unpaired) electrons. The Labute approximate surface area is 136 Å². The number of rotatable bonds is 2. The number of hydrogen-bond donors (Lipinski definition) is 1. The van der Waals surface area contributed by atoms with E-state index in [1.54, 1.807) is 23.5 Å². The predicted molar refractivity (Wildman–Crippen MR) is 88.7 cm³/mol. The molecule has 1 heterocycles. The van der Waals surface area contributed by atoms with Gasteiger partial charge in [-0.2, -0.15) is 0 Å². The molecule has 0 amide bonds. The highest BCUT2D eigenvalue weighted by molar-refractivity contribution is 9.10. The average Bonchev–Trinajstić information content (AvgIpc) is 2.91. The second-order valence-electron chi connectivity index (χ2n) is 6.02. The fourth-order valence-electron chi connectivity index (χ4n) is 3.11. The smallest absolute Gasteiger partial charge is 0.132 e. The van der Waals surface area contributed by atoms with E-state index in [1.807, 2.05) is 5.38 Å². The Hall–Kier alpha value is -0.780. The van der Waals surface area contributed by atoms with Crippen molar-refractivity contribution in [2.75, 3.05) is 0 Å². The highest BCUT2D eigenvalue weighted by atomic mass is 79.9. The van der Waals surface area contributed by atoms with Crippen LogP contribution < -0.4 is 5.73 Å². The summed E-state index contributed by atoms with van der Waals surface area (Å²) in [6, 6.07) is 4.92. The number of aromatic nitrogens is 1. The largest absolute Gasteiger partial charge is 0.319 e. The lowest BCUT2D eigenvalue weighted by atomic mass is 9.77. The van der Waals surface area contributed by atoms with Gasteiger partial charge in [0, 0.05) is 15.4 Å².